The predicted molar refractivity (Wildman–Crippen MR) is 74.6 cm³/mol. The summed E-state index contributed by atoms with van der Waals surface area (Å²) in [5.41, 5.74) is 2.02. The molecule has 0 radical (unpaired) electrons. The fraction of sp³-hybridized carbons (Fsp3) is 0.0714. The molecule has 0 spiro atoms. The summed E-state index contributed by atoms with van der Waals surface area (Å²) in [6.07, 6.45) is 0. The molecule has 3 aromatic rings. The number of benzene rings is 2. The Balaban J connectivity index is 2.43. The number of aryl methyl sites for hydroxylation is 1. The van der Waals surface area contributed by atoms with Crippen LogP contribution in [0.15, 0.2) is 45.6 Å². The third-order valence-corrected chi connectivity index (χ3v) is 3.15. The smallest absolute Gasteiger partial charge is 0.456 e. The van der Waals surface area contributed by atoms with E-state index in [0.29, 0.717) is 27.4 Å². The summed E-state index contributed by atoms with van der Waals surface area (Å²) >= 11 is 0. The van der Waals surface area contributed by atoms with Gasteiger partial charge in [0, 0.05) is 0 Å². The van der Waals surface area contributed by atoms with E-state index in [1.54, 1.807) is 18.2 Å². The van der Waals surface area contributed by atoms with Crippen molar-refractivity contribution in [1.29, 1.82) is 0 Å². The molecule has 1 heterocycles. The number of hydrogen-bond acceptors (Lipinski definition) is 4. The molecule has 0 atom stereocenters. The normalized spacial score (nSPS) is 11.1. The van der Waals surface area contributed by atoms with Crippen LogP contribution in [0.25, 0.3) is 21.9 Å². The Morgan fingerprint density at radius 2 is 1.79 bits per heavy atom. The Hall–Kier alpha value is -2.11. The van der Waals surface area contributed by atoms with Gasteiger partial charge in [-0.3, -0.25) is 4.79 Å². The fourth-order valence-electron chi connectivity index (χ4n) is 2.15. The van der Waals surface area contributed by atoms with Crippen LogP contribution in [-0.2, 0) is 0 Å². The molecule has 0 aliphatic heterocycles. The SMILES string of the molecule is Cc1ccc2oc3cc(B(O)O)ccc3c(=O)c2c1. The summed E-state index contributed by atoms with van der Waals surface area (Å²) < 4.78 is 5.65. The molecule has 0 fully saturated rings. The zero-order chi connectivity index (χ0) is 13.6. The maximum atomic E-state index is 12.3. The highest BCUT2D eigenvalue weighted by Gasteiger charge is 2.14. The van der Waals surface area contributed by atoms with Gasteiger partial charge in [-0.05, 0) is 36.7 Å². The van der Waals surface area contributed by atoms with Crippen molar-refractivity contribution in [1.82, 2.24) is 0 Å². The van der Waals surface area contributed by atoms with Gasteiger partial charge in [0.15, 0.2) is 0 Å². The lowest BCUT2D eigenvalue weighted by Crippen LogP contribution is -2.29. The van der Waals surface area contributed by atoms with Gasteiger partial charge >= 0.3 is 7.12 Å². The average molecular weight is 254 g/mol. The van der Waals surface area contributed by atoms with E-state index in [1.165, 1.54) is 12.1 Å². The van der Waals surface area contributed by atoms with E-state index in [0.717, 1.165) is 5.56 Å². The number of hydrogen-bond donors (Lipinski definition) is 2. The van der Waals surface area contributed by atoms with Gasteiger partial charge in [0.2, 0.25) is 5.43 Å². The summed E-state index contributed by atoms with van der Waals surface area (Å²) in [5, 5.41) is 19.2. The molecule has 0 bridgehead atoms. The Morgan fingerprint density at radius 1 is 1.00 bits per heavy atom. The molecule has 0 saturated heterocycles. The first-order valence-electron chi connectivity index (χ1n) is 5.89. The van der Waals surface area contributed by atoms with Gasteiger partial charge in [0.25, 0.3) is 0 Å². The number of fused-ring (bicyclic) bond motifs is 2. The van der Waals surface area contributed by atoms with Crippen molar-refractivity contribution < 1.29 is 14.5 Å². The monoisotopic (exact) mass is 254 g/mol. The van der Waals surface area contributed by atoms with Crippen LogP contribution in [0.4, 0.5) is 0 Å². The van der Waals surface area contributed by atoms with E-state index < -0.39 is 7.12 Å². The molecular formula is C14H11BO4. The third kappa shape index (κ3) is 1.93. The second kappa shape index (κ2) is 4.22. The second-order valence-electron chi connectivity index (χ2n) is 4.56. The highest BCUT2D eigenvalue weighted by Crippen LogP contribution is 2.18. The van der Waals surface area contributed by atoms with Gasteiger partial charge in [0.05, 0.1) is 10.8 Å². The van der Waals surface area contributed by atoms with Crippen molar-refractivity contribution in [2.75, 3.05) is 0 Å². The van der Waals surface area contributed by atoms with Gasteiger partial charge in [-0.25, -0.2) is 0 Å². The molecule has 2 N–H and O–H groups in total. The van der Waals surface area contributed by atoms with Gasteiger partial charge < -0.3 is 14.5 Å². The molecule has 2 aromatic carbocycles. The Kier molecular flexibility index (Phi) is 2.66. The molecule has 5 heteroatoms. The molecule has 3 rings (SSSR count). The van der Waals surface area contributed by atoms with Crippen molar-refractivity contribution in [3.63, 3.8) is 0 Å². The minimum Gasteiger partial charge on any atom is -0.456 e. The van der Waals surface area contributed by atoms with Crippen LogP contribution >= 0.6 is 0 Å². The molecule has 0 unspecified atom stereocenters. The van der Waals surface area contributed by atoms with E-state index in [1.807, 2.05) is 13.0 Å². The van der Waals surface area contributed by atoms with Gasteiger partial charge in [-0.2, -0.15) is 0 Å². The maximum absolute atomic E-state index is 12.3. The minimum atomic E-state index is -1.58. The Morgan fingerprint density at radius 3 is 2.53 bits per heavy atom. The van der Waals surface area contributed by atoms with Gasteiger partial charge in [-0.15, -0.1) is 0 Å². The molecule has 19 heavy (non-hydrogen) atoms. The topological polar surface area (TPSA) is 70.7 Å². The van der Waals surface area contributed by atoms with Crippen molar-refractivity contribution in [3.8, 4) is 0 Å². The van der Waals surface area contributed by atoms with E-state index in [9.17, 15) is 4.79 Å². The van der Waals surface area contributed by atoms with Crippen LogP contribution in [0.5, 0.6) is 0 Å². The van der Waals surface area contributed by atoms with Crippen LogP contribution < -0.4 is 10.9 Å². The van der Waals surface area contributed by atoms with Crippen molar-refractivity contribution >= 4 is 34.5 Å². The summed E-state index contributed by atoms with van der Waals surface area (Å²) in [6, 6.07) is 9.93. The summed E-state index contributed by atoms with van der Waals surface area (Å²) in [5.74, 6) is 0. The molecule has 4 nitrogen and oxygen atoms in total. The molecule has 94 valence electrons. The average Bonchev–Trinajstić information content (AvgIpc) is 2.39. The van der Waals surface area contributed by atoms with E-state index in [-0.39, 0.29) is 5.43 Å². The Labute approximate surface area is 109 Å². The third-order valence-electron chi connectivity index (χ3n) is 3.15. The van der Waals surface area contributed by atoms with Crippen LogP contribution in [0, 0.1) is 6.92 Å². The van der Waals surface area contributed by atoms with Crippen LogP contribution in [-0.4, -0.2) is 17.2 Å². The van der Waals surface area contributed by atoms with Crippen molar-refractivity contribution in [3.05, 3.63) is 52.2 Å². The van der Waals surface area contributed by atoms with Crippen LogP contribution in [0.2, 0.25) is 0 Å². The molecular weight excluding hydrogens is 243 g/mol. The summed E-state index contributed by atoms with van der Waals surface area (Å²) in [4.78, 5) is 12.3. The second-order valence-corrected chi connectivity index (χ2v) is 4.56. The molecule has 0 saturated carbocycles. The first kappa shape index (κ1) is 12.0. The number of rotatable bonds is 1. The van der Waals surface area contributed by atoms with Gasteiger partial charge in [-0.1, -0.05) is 17.7 Å². The largest absolute Gasteiger partial charge is 0.488 e. The van der Waals surface area contributed by atoms with E-state index in [4.69, 9.17) is 14.5 Å². The first-order valence-corrected chi connectivity index (χ1v) is 5.89. The highest BCUT2D eigenvalue weighted by molar-refractivity contribution is 6.58. The van der Waals surface area contributed by atoms with Gasteiger partial charge in [0.1, 0.15) is 11.2 Å². The highest BCUT2D eigenvalue weighted by atomic mass is 16.4. The zero-order valence-electron chi connectivity index (χ0n) is 10.3. The first-order chi connectivity index (χ1) is 9.06. The lowest BCUT2D eigenvalue weighted by atomic mass is 9.80. The minimum absolute atomic E-state index is 0.112. The quantitative estimate of drug-likeness (QED) is 0.500. The van der Waals surface area contributed by atoms with Crippen LogP contribution in [0.3, 0.4) is 0 Å². The molecule has 1 aromatic heterocycles. The molecule has 0 aliphatic carbocycles. The predicted octanol–water partition coefficient (Wildman–Crippen LogP) is 0.934. The fourth-order valence-corrected chi connectivity index (χ4v) is 2.15. The molecule has 0 aliphatic rings. The molecule has 0 amide bonds. The zero-order valence-corrected chi connectivity index (χ0v) is 10.3. The Bertz CT molecular complexity index is 836. The maximum Gasteiger partial charge on any atom is 0.488 e. The van der Waals surface area contributed by atoms with E-state index >= 15 is 0 Å². The van der Waals surface area contributed by atoms with Crippen molar-refractivity contribution in [2.45, 2.75) is 6.92 Å². The summed E-state index contributed by atoms with van der Waals surface area (Å²) in [6.45, 7) is 1.91. The lowest BCUT2D eigenvalue weighted by Gasteiger charge is -2.04. The van der Waals surface area contributed by atoms with E-state index in [2.05, 4.69) is 0 Å². The van der Waals surface area contributed by atoms with Crippen LogP contribution in [0.1, 0.15) is 5.56 Å². The lowest BCUT2D eigenvalue weighted by molar-refractivity contribution is 0.425. The standard InChI is InChI=1S/C14H11BO4/c1-8-2-5-12-11(6-8)14(16)10-4-3-9(15(17)18)7-13(10)19-12/h2-7,17-18H,1H3. The van der Waals surface area contributed by atoms with Crippen molar-refractivity contribution in [2.24, 2.45) is 0 Å². The summed E-state index contributed by atoms with van der Waals surface area (Å²) in [7, 11) is -1.58.